The first-order valence-electron chi connectivity index (χ1n) is 17.0. The predicted molar refractivity (Wildman–Crippen MR) is 180 cm³/mol. The molecule has 8 heteroatoms. The maximum absolute atomic E-state index is 12.9. The summed E-state index contributed by atoms with van der Waals surface area (Å²) in [7, 11) is 0. The zero-order valence-electron chi connectivity index (χ0n) is 27.1. The highest BCUT2D eigenvalue weighted by molar-refractivity contribution is 6.30. The van der Waals surface area contributed by atoms with Gasteiger partial charge in [-0.15, -0.1) is 0 Å². The number of aromatic nitrogens is 1. The lowest BCUT2D eigenvalue weighted by molar-refractivity contribution is -0.144. The number of nitrogens with zero attached hydrogens (tertiary/aromatic N) is 1. The van der Waals surface area contributed by atoms with Crippen molar-refractivity contribution in [3.8, 4) is 17.2 Å². The fourth-order valence-electron chi connectivity index (χ4n) is 8.78. The number of ether oxygens (including phenoxy) is 3. The number of hydrogen-bond donors (Lipinski definition) is 2. The van der Waals surface area contributed by atoms with Crippen molar-refractivity contribution in [2.24, 2.45) is 11.8 Å². The zero-order valence-corrected chi connectivity index (χ0v) is 27.9. The Hall–Kier alpha value is -3.45. The van der Waals surface area contributed by atoms with Crippen LogP contribution in [-0.4, -0.2) is 40.9 Å². The molecule has 1 spiro atoms. The first-order valence-corrected chi connectivity index (χ1v) is 17.4. The molecule has 0 radical (unpaired) electrons. The van der Waals surface area contributed by atoms with E-state index in [9.17, 15) is 9.90 Å². The second-order valence-electron chi connectivity index (χ2n) is 14.4. The second-order valence-corrected chi connectivity index (χ2v) is 14.8. The Balaban J connectivity index is 1.15. The van der Waals surface area contributed by atoms with Gasteiger partial charge in [0.2, 0.25) is 0 Å². The summed E-state index contributed by atoms with van der Waals surface area (Å²) < 4.78 is 18.9. The minimum absolute atomic E-state index is 0.00886. The van der Waals surface area contributed by atoms with E-state index in [1.54, 1.807) is 12.1 Å². The minimum atomic E-state index is -1.06. The number of nitrogens with one attached hydrogen (secondary N) is 1. The number of benzene rings is 2. The lowest BCUT2D eigenvalue weighted by Gasteiger charge is -2.47. The Morgan fingerprint density at radius 1 is 1.15 bits per heavy atom. The number of carbonyl (C=O) groups is 1. The number of fused-ring (bicyclic) bond motifs is 4. The van der Waals surface area contributed by atoms with E-state index in [1.807, 2.05) is 31.3 Å². The molecule has 4 aliphatic rings. The second kappa shape index (κ2) is 12.3. The predicted octanol–water partition coefficient (Wildman–Crippen LogP) is 8.36. The number of carboxylic acids is 1. The highest BCUT2D eigenvalue weighted by atomic mass is 35.5. The molecule has 0 saturated heterocycles. The van der Waals surface area contributed by atoms with E-state index in [2.05, 4.69) is 36.3 Å². The molecule has 1 aliphatic heterocycles. The summed E-state index contributed by atoms with van der Waals surface area (Å²) in [6.07, 6.45) is 9.75. The summed E-state index contributed by atoms with van der Waals surface area (Å²) >= 11 is 6.26. The number of aryl methyl sites for hydroxylation is 1. The molecule has 4 atom stereocenters. The quantitative estimate of drug-likeness (QED) is 0.255. The van der Waals surface area contributed by atoms with Gasteiger partial charge in [-0.2, -0.15) is 0 Å². The Kier molecular flexibility index (Phi) is 8.33. The SMILES string of the molecule is C[C@@H](COc1ccnc2c1[C@H](C)CCC2)C[C@H]1Cc2cc3c(cc2C12CCC(Nc1cccc(Cl)c1)(C(=O)O)CC2)O[C@H](C)CO3. The largest absolute Gasteiger partial charge is 0.493 e. The van der Waals surface area contributed by atoms with E-state index < -0.39 is 11.5 Å². The van der Waals surface area contributed by atoms with E-state index in [0.717, 1.165) is 55.0 Å². The number of rotatable bonds is 8. The average Bonchev–Trinajstić information content (AvgIpc) is 3.31. The van der Waals surface area contributed by atoms with Crippen molar-refractivity contribution in [2.75, 3.05) is 18.5 Å². The Morgan fingerprint density at radius 2 is 1.98 bits per heavy atom. The van der Waals surface area contributed by atoms with Gasteiger partial charge in [0.05, 0.1) is 6.61 Å². The van der Waals surface area contributed by atoms with Crippen LogP contribution < -0.4 is 19.5 Å². The summed E-state index contributed by atoms with van der Waals surface area (Å²) in [5, 5.41) is 14.5. The van der Waals surface area contributed by atoms with Gasteiger partial charge in [-0.25, -0.2) is 4.79 Å². The highest BCUT2D eigenvalue weighted by Crippen LogP contribution is 2.58. The van der Waals surface area contributed by atoms with Gasteiger partial charge in [-0.1, -0.05) is 31.5 Å². The number of carboxylic acid groups (broad SMARTS) is 1. The third-order valence-electron chi connectivity index (χ3n) is 11.2. The summed E-state index contributed by atoms with van der Waals surface area (Å²) in [6, 6.07) is 13.8. The molecule has 2 aromatic carbocycles. The van der Waals surface area contributed by atoms with Crippen LogP contribution in [0.4, 0.5) is 5.69 Å². The topological polar surface area (TPSA) is 89.9 Å². The van der Waals surface area contributed by atoms with Crippen molar-refractivity contribution < 1.29 is 24.1 Å². The van der Waals surface area contributed by atoms with Gasteiger partial charge in [0.1, 0.15) is 24.0 Å². The van der Waals surface area contributed by atoms with Crippen LogP contribution in [0.5, 0.6) is 17.2 Å². The number of anilines is 1. The van der Waals surface area contributed by atoms with Gasteiger partial charge in [0, 0.05) is 28.2 Å². The molecule has 0 unspecified atom stereocenters. The molecule has 1 fully saturated rings. The van der Waals surface area contributed by atoms with Gasteiger partial charge in [-0.3, -0.25) is 4.98 Å². The standard InChI is InChI=1S/C38H45ClN2O5/c1-23(21-44-32-10-15-40-31-9-4-6-24(2)35(31)32)16-27-17-26-18-33-34(46-25(3)22-45-33)20-30(26)37(27)11-13-38(14-12-37,36(42)43)41-29-8-5-7-28(39)19-29/h5,7-8,10,15,18-20,23-25,27,41H,4,6,9,11-14,16-17,21-22H2,1-3H3,(H,42,43)/t23-,24-,25-,27+,37?,38?/m1/s1. The first kappa shape index (κ1) is 31.2. The Labute approximate surface area is 277 Å². The van der Waals surface area contributed by atoms with Gasteiger partial charge >= 0.3 is 5.97 Å². The molecule has 3 aromatic rings. The molecular formula is C38H45ClN2O5. The lowest BCUT2D eigenvalue weighted by Crippen LogP contribution is -2.53. The summed E-state index contributed by atoms with van der Waals surface area (Å²) in [5.41, 5.74) is 4.61. The van der Waals surface area contributed by atoms with Gasteiger partial charge < -0.3 is 24.6 Å². The molecule has 7 rings (SSSR count). The Bertz CT molecular complexity index is 1620. The van der Waals surface area contributed by atoms with Crippen LogP contribution in [0.1, 0.15) is 94.0 Å². The molecule has 7 nitrogen and oxygen atoms in total. The van der Waals surface area contributed by atoms with Crippen molar-refractivity contribution in [3.05, 3.63) is 76.1 Å². The molecule has 3 aliphatic carbocycles. The average molecular weight is 645 g/mol. The minimum Gasteiger partial charge on any atom is -0.493 e. The van der Waals surface area contributed by atoms with Crippen molar-refractivity contribution in [3.63, 3.8) is 0 Å². The van der Waals surface area contributed by atoms with Gasteiger partial charge in [0.15, 0.2) is 11.5 Å². The maximum Gasteiger partial charge on any atom is 0.329 e. The summed E-state index contributed by atoms with van der Waals surface area (Å²) in [4.78, 5) is 17.6. The third-order valence-corrected chi connectivity index (χ3v) is 11.4. The number of aliphatic carboxylic acids is 1. The van der Waals surface area contributed by atoms with Crippen LogP contribution >= 0.6 is 11.6 Å². The molecule has 2 heterocycles. The molecule has 1 aromatic heterocycles. The van der Waals surface area contributed by atoms with Crippen LogP contribution in [0.25, 0.3) is 0 Å². The van der Waals surface area contributed by atoms with E-state index in [1.165, 1.54) is 35.2 Å². The smallest absolute Gasteiger partial charge is 0.329 e. The van der Waals surface area contributed by atoms with Crippen LogP contribution in [0.15, 0.2) is 48.7 Å². The van der Waals surface area contributed by atoms with E-state index in [0.29, 0.717) is 48.8 Å². The summed E-state index contributed by atoms with van der Waals surface area (Å²) in [5.74, 6) is 2.93. The zero-order chi connectivity index (χ0) is 32.1. The molecule has 2 N–H and O–H groups in total. The van der Waals surface area contributed by atoms with E-state index >= 15 is 0 Å². The monoisotopic (exact) mass is 644 g/mol. The summed E-state index contributed by atoms with van der Waals surface area (Å²) in [6.45, 7) is 7.78. The highest BCUT2D eigenvalue weighted by Gasteiger charge is 2.54. The van der Waals surface area contributed by atoms with Crippen molar-refractivity contribution >= 4 is 23.3 Å². The number of halogens is 1. The molecule has 1 saturated carbocycles. The first-order chi connectivity index (χ1) is 22.2. The Morgan fingerprint density at radius 3 is 2.76 bits per heavy atom. The van der Waals surface area contributed by atoms with E-state index in [4.69, 9.17) is 25.8 Å². The maximum atomic E-state index is 12.9. The third kappa shape index (κ3) is 5.69. The molecule has 46 heavy (non-hydrogen) atoms. The van der Waals surface area contributed by atoms with Gasteiger partial charge in [0.25, 0.3) is 0 Å². The van der Waals surface area contributed by atoms with Crippen LogP contribution in [0.3, 0.4) is 0 Å². The van der Waals surface area contributed by atoms with Crippen LogP contribution in [0, 0.1) is 11.8 Å². The number of hydrogen-bond acceptors (Lipinski definition) is 6. The lowest BCUT2D eigenvalue weighted by atomic mass is 9.59. The van der Waals surface area contributed by atoms with Crippen LogP contribution in [-0.2, 0) is 23.1 Å². The molecule has 0 amide bonds. The normalized spacial score (nSPS) is 28.7. The number of pyridine rings is 1. The van der Waals surface area contributed by atoms with Crippen molar-refractivity contribution in [1.29, 1.82) is 0 Å². The fraction of sp³-hybridized carbons (Fsp3) is 0.526. The molecule has 244 valence electrons. The van der Waals surface area contributed by atoms with E-state index in [-0.39, 0.29) is 11.5 Å². The fourth-order valence-corrected chi connectivity index (χ4v) is 8.97. The van der Waals surface area contributed by atoms with Gasteiger partial charge in [-0.05, 0) is 135 Å². The molecule has 0 bridgehead atoms. The van der Waals surface area contributed by atoms with Crippen molar-refractivity contribution in [1.82, 2.24) is 4.98 Å². The molecular weight excluding hydrogens is 600 g/mol. The van der Waals surface area contributed by atoms with Crippen LogP contribution in [0.2, 0.25) is 5.02 Å². The van der Waals surface area contributed by atoms with Crippen molar-refractivity contribution in [2.45, 2.75) is 102 Å².